The maximum Gasteiger partial charge on any atom is 0.272 e. The molecule has 1 amide bonds. The number of amides is 1. The van der Waals surface area contributed by atoms with Crippen LogP contribution in [0.4, 0.5) is 5.69 Å². The van der Waals surface area contributed by atoms with Gasteiger partial charge in [0.15, 0.2) is 0 Å². The molecule has 1 fully saturated rings. The Morgan fingerprint density at radius 2 is 1.96 bits per heavy atom. The summed E-state index contributed by atoms with van der Waals surface area (Å²) in [6.45, 7) is 1.05. The van der Waals surface area contributed by atoms with E-state index in [4.69, 9.17) is 4.74 Å². The number of H-pyrrole nitrogens is 1. The van der Waals surface area contributed by atoms with E-state index in [0.717, 1.165) is 19.3 Å². The molecule has 7 nitrogen and oxygen atoms in total. The van der Waals surface area contributed by atoms with Crippen LogP contribution in [0.1, 0.15) is 29.8 Å². The Kier molecular flexibility index (Phi) is 5.10. The van der Waals surface area contributed by atoms with Crippen molar-refractivity contribution in [1.82, 2.24) is 9.29 Å². The summed E-state index contributed by atoms with van der Waals surface area (Å²) in [6, 6.07) is 8.32. The van der Waals surface area contributed by atoms with Gasteiger partial charge in [-0.15, -0.1) is 0 Å². The first kappa shape index (κ1) is 17.5. The van der Waals surface area contributed by atoms with Crippen molar-refractivity contribution in [2.45, 2.75) is 24.2 Å². The average Bonchev–Trinajstić information content (AvgIpc) is 3.14. The molecule has 3 rings (SSSR count). The predicted molar refractivity (Wildman–Crippen MR) is 94.3 cm³/mol. The van der Waals surface area contributed by atoms with E-state index in [9.17, 15) is 13.2 Å². The number of nitrogens with one attached hydrogen (secondary N) is 2. The summed E-state index contributed by atoms with van der Waals surface area (Å²) in [7, 11) is -2.01. The second-order valence-electron chi connectivity index (χ2n) is 5.90. The lowest BCUT2D eigenvalue weighted by Crippen LogP contribution is -2.35. The van der Waals surface area contributed by atoms with E-state index in [1.165, 1.54) is 16.6 Å². The lowest BCUT2D eigenvalue weighted by Gasteiger charge is -2.25. The van der Waals surface area contributed by atoms with E-state index >= 15 is 0 Å². The normalized spacial score (nSPS) is 15.7. The van der Waals surface area contributed by atoms with Crippen LogP contribution in [0.2, 0.25) is 0 Å². The summed E-state index contributed by atoms with van der Waals surface area (Å²) < 4.78 is 31.8. The highest BCUT2D eigenvalue weighted by molar-refractivity contribution is 7.89. The third-order valence-electron chi connectivity index (χ3n) is 4.18. The molecule has 2 aromatic rings. The zero-order valence-electron chi connectivity index (χ0n) is 14.0. The molecule has 1 aliphatic heterocycles. The van der Waals surface area contributed by atoms with Gasteiger partial charge in [0.1, 0.15) is 16.3 Å². The Bertz CT molecular complexity index is 854. The fraction of sp³-hybridized carbons (Fsp3) is 0.353. The van der Waals surface area contributed by atoms with Gasteiger partial charge < -0.3 is 15.0 Å². The third kappa shape index (κ3) is 3.85. The number of hydrogen-bond donors (Lipinski definition) is 2. The molecule has 2 N–H and O–H groups in total. The maximum atomic E-state index is 12.6. The molecule has 134 valence electrons. The highest BCUT2D eigenvalue weighted by Gasteiger charge is 2.27. The van der Waals surface area contributed by atoms with Crippen LogP contribution in [0, 0.1) is 0 Å². The van der Waals surface area contributed by atoms with Crippen LogP contribution in [-0.2, 0) is 10.0 Å². The molecule has 0 atom stereocenters. The number of aromatic nitrogens is 1. The Labute approximate surface area is 147 Å². The number of carbonyl (C=O) groups excluding carboxylic acids is 1. The highest BCUT2D eigenvalue weighted by atomic mass is 32.2. The van der Waals surface area contributed by atoms with Gasteiger partial charge in [-0.25, -0.2) is 8.42 Å². The van der Waals surface area contributed by atoms with Crippen LogP contribution in [0.25, 0.3) is 0 Å². The molecule has 25 heavy (non-hydrogen) atoms. The second kappa shape index (κ2) is 7.28. The summed E-state index contributed by atoms with van der Waals surface area (Å²) in [4.78, 5) is 15.2. The molecule has 1 aliphatic rings. The quantitative estimate of drug-likeness (QED) is 0.854. The molecule has 0 unspecified atom stereocenters. The minimum Gasteiger partial charge on any atom is -0.497 e. The summed E-state index contributed by atoms with van der Waals surface area (Å²) >= 11 is 0. The van der Waals surface area contributed by atoms with Crippen molar-refractivity contribution in [2.75, 3.05) is 25.5 Å². The summed E-state index contributed by atoms with van der Waals surface area (Å²) in [5, 5.41) is 2.72. The number of hydrogen-bond acceptors (Lipinski definition) is 4. The standard InChI is InChI=1S/C17H21N3O4S/c1-24-14-7-5-6-13(10-14)19-17(21)16-11-15(12-18-16)25(22,23)20-8-3-2-4-9-20/h5-7,10-12,18H,2-4,8-9H2,1H3,(H,19,21). The molecule has 1 saturated heterocycles. The average molecular weight is 363 g/mol. The van der Waals surface area contributed by atoms with Gasteiger partial charge in [0.2, 0.25) is 10.0 Å². The molecule has 1 aromatic carbocycles. The van der Waals surface area contributed by atoms with E-state index in [1.807, 2.05) is 0 Å². The molecule has 2 heterocycles. The second-order valence-corrected chi connectivity index (χ2v) is 7.84. The first-order chi connectivity index (χ1) is 12.0. The topological polar surface area (TPSA) is 91.5 Å². The number of piperidine rings is 1. The van der Waals surface area contributed by atoms with Crippen molar-refractivity contribution in [3.05, 3.63) is 42.2 Å². The van der Waals surface area contributed by atoms with Crippen molar-refractivity contribution < 1.29 is 17.9 Å². The minimum atomic E-state index is -3.56. The first-order valence-corrected chi connectivity index (χ1v) is 9.59. The van der Waals surface area contributed by atoms with E-state index in [-0.39, 0.29) is 10.6 Å². The zero-order chi connectivity index (χ0) is 17.9. The lowest BCUT2D eigenvalue weighted by atomic mass is 10.2. The van der Waals surface area contributed by atoms with Gasteiger partial charge in [-0.1, -0.05) is 12.5 Å². The number of aromatic amines is 1. The van der Waals surface area contributed by atoms with Crippen LogP contribution in [0.15, 0.2) is 41.4 Å². The van der Waals surface area contributed by atoms with Crippen molar-refractivity contribution in [2.24, 2.45) is 0 Å². The van der Waals surface area contributed by atoms with Crippen LogP contribution >= 0.6 is 0 Å². The first-order valence-electron chi connectivity index (χ1n) is 8.15. The third-order valence-corrected chi connectivity index (χ3v) is 6.06. The number of ether oxygens (including phenoxy) is 1. The number of rotatable bonds is 5. The van der Waals surface area contributed by atoms with Gasteiger partial charge in [-0.05, 0) is 31.0 Å². The van der Waals surface area contributed by atoms with Crippen molar-refractivity contribution in [3.63, 3.8) is 0 Å². The maximum absolute atomic E-state index is 12.6. The van der Waals surface area contributed by atoms with Crippen LogP contribution in [0.3, 0.4) is 0 Å². The monoisotopic (exact) mass is 363 g/mol. The summed E-state index contributed by atoms with van der Waals surface area (Å²) in [5.74, 6) is 0.214. The smallest absolute Gasteiger partial charge is 0.272 e. The molecule has 0 aliphatic carbocycles. The van der Waals surface area contributed by atoms with E-state index in [2.05, 4.69) is 10.3 Å². The number of sulfonamides is 1. The van der Waals surface area contributed by atoms with Crippen LogP contribution < -0.4 is 10.1 Å². The van der Waals surface area contributed by atoms with Gasteiger partial charge in [-0.2, -0.15) is 4.31 Å². The number of nitrogens with zero attached hydrogens (tertiary/aromatic N) is 1. The minimum absolute atomic E-state index is 0.116. The molecular weight excluding hydrogens is 342 g/mol. The largest absolute Gasteiger partial charge is 0.497 e. The number of methoxy groups -OCH3 is 1. The fourth-order valence-electron chi connectivity index (χ4n) is 2.81. The number of carbonyl (C=O) groups is 1. The highest BCUT2D eigenvalue weighted by Crippen LogP contribution is 2.22. The number of benzene rings is 1. The molecule has 8 heteroatoms. The Morgan fingerprint density at radius 3 is 2.68 bits per heavy atom. The summed E-state index contributed by atoms with van der Waals surface area (Å²) in [5.41, 5.74) is 0.762. The van der Waals surface area contributed by atoms with Gasteiger partial charge in [0.05, 0.1) is 7.11 Å². The van der Waals surface area contributed by atoms with Gasteiger partial charge >= 0.3 is 0 Å². The SMILES string of the molecule is COc1cccc(NC(=O)c2cc(S(=O)(=O)N3CCCCC3)c[nH]2)c1. The molecule has 0 spiro atoms. The van der Waals surface area contributed by atoms with E-state index < -0.39 is 15.9 Å². The van der Waals surface area contributed by atoms with Crippen molar-refractivity contribution in [3.8, 4) is 5.75 Å². The van der Waals surface area contributed by atoms with E-state index in [1.54, 1.807) is 31.4 Å². The molecular formula is C17H21N3O4S. The van der Waals surface area contributed by atoms with Crippen molar-refractivity contribution >= 4 is 21.6 Å². The zero-order valence-corrected chi connectivity index (χ0v) is 14.8. The molecule has 0 bridgehead atoms. The Balaban J connectivity index is 1.75. The van der Waals surface area contributed by atoms with Gasteiger partial charge in [0.25, 0.3) is 5.91 Å². The molecule has 0 radical (unpaired) electrons. The van der Waals surface area contributed by atoms with E-state index in [0.29, 0.717) is 24.5 Å². The van der Waals surface area contributed by atoms with Crippen LogP contribution in [-0.4, -0.2) is 43.8 Å². The molecule has 1 aromatic heterocycles. The molecule has 0 saturated carbocycles. The number of anilines is 1. The Hall–Kier alpha value is -2.32. The van der Waals surface area contributed by atoms with Crippen molar-refractivity contribution in [1.29, 1.82) is 0 Å². The van der Waals surface area contributed by atoms with Gasteiger partial charge in [0, 0.05) is 31.0 Å². The van der Waals surface area contributed by atoms with Gasteiger partial charge in [-0.3, -0.25) is 4.79 Å². The fourth-order valence-corrected chi connectivity index (χ4v) is 4.32. The lowest BCUT2D eigenvalue weighted by molar-refractivity contribution is 0.102. The Morgan fingerprint density at radius 1 is 1.20 bits per heavy atom. The predicted octanol–water partition coefficient (Wildman–Crippen LogP) is 2.45. The summed E-state index contributed by atoms with van der Waals surface area (Å²) in [6.07, 6.45) is 4.15. The van der Waals surface area contributed by atoms with Crippen LogP contribution in [0.5, 0.6) is 5.75 Å².